The van der Waals surface area contributed by atoms with Crippen LogP contribution in [0.1, 0.15) is 46.1 Å². The van der Waals surface area contributed by atoms with Gasteiger partial charge in [0.05, 0.1) is 13.2 Å². The Morgan fingerprint density at radius 3 is 2.87 bits per heavy atom. The topological polar surface area (TPSA) is 86.3 Å². The number of nitrogens with zero attached hydrogens (tertiary/aromatic N) is 4. The fraction of sp³-hybridized carbons (Fsp3) is 0.435. The van der Waals surface area contributed by atoms with Gasteiger partial charge in [-0.3, -0.25) is 9.88 Å². The number of rotatable bonds is 5. The van der Waals surface area contributed by atoms with Crippen molar-refractivity contribution in [3.63, 3.8) is 0 Å². The summed E-state index contributed by atoms with van der Waals surface area (Å²) in [6, 6.07) is 4.12. The van der Waals surface area contributed by atoms with E-state index in [1.807, 2.05) is 11.5 Å². The van der Waals surface area contributed by atoms with E-state index in [2.05, 4.69) is 47.2 Å². The van der Waals surface area contributed by atoms with Crippen LogP contribution in [-0.4, -0.2) is 51.1 Å². The van der Waals surface area contributed by atoms with Crippen LogP contribution in [0.3, 0.4) is 0 Å². The Bertz CT molecular complexity index is 1010. The van der Waals surface area contributed by atoms with Gasteiger partial charge in [-0.25, -0.2) is 9.78 Å². The highest BCUT2D eigenvalue weighted by Crippen LogP contribution is 2.27. The van der Waals surface area contributed by atoms with Crippen LogP contribution >= 0.6 is 0 Å². The Labute approximate surface area is 177 Å². The minimum atomic E-state index is -0.360. The molecule has 2 atom stereocenters. The van der Waals surface area contributed by atoms with Crippen molar-refractivity contribution in [3.05, 3.63) is 70.6 Å². The number of fused-ring (bicyclic) bond motifs is 1. The van der Waals surface area contributed by atoms with E-state index in [1.165, 1.54) is 11.1 Å². The summed E-state index contributed by atoms with van der Waals surface area (Å²) >= 11 is 0. The van der Waals surface area contributed by atoms with Gasteiger partial charge < -0.3 is 15.0 Å². The molecule has 158 valence electrons. The summed E-state index contributed by atoms with van der Waals surface area (Å²) in [6.45, 7) is 9.47. The lowest BCUT2D eigenvalue weighted by molar-refractivity contribution is 0.0520. The first kappa shape index (κ1) is 20.5. The molecule has 0 saturated heterocycles. The molecule has 0 spiro atoms. The van der Waals surface area contributed by atoms with Gasteiger partial charge in [-0.2, -0.15) is 0 Å². The molecule has 0 aromatic carbocycles. The largest absolute Gasteiger partial charge is 0.461 e. The van der Waals surface area contributed by atoms with Gasteiger partial charge in [0, 0.05) is 49.2 Å². The van der Waals surface area contributed by atoms with E-state index in [9.17, 15) is 4.79 Å². The Morgan fingerprint density at radius 2 is 2.10 bits per heavy atom. The third-order valence-corrected chi connectivity index (χ3v) is 5.83. The highest BCUT2D eigenvalue weighted by Gasteiger charge is 2.25. The van der Waals surface area contributed by atoms with E-state index in [0.717, 1.165) is 36.8 Å². The standard InChI is InChI=1S/C23H29N5O2/c1-4-30-23(29)21-13-28-10-9-27(14-22(28)26-21)12-17-6-7-19(24)18(11-17)20-8-5-15(2)16(3)25-20/h5-8,11,13,18-19H,4,9-10,12,14,24H2,1-3H3. The summed E-state index contributed by atoms with van der Waals surface area (Å²) in [6.07, 6.45) is 8.23. The Morgan fingerprint density at radius 1 is 1.27 bits per heavy atom. The number of nitrogens with two attached hydrogens (primary N) is 1. The first-order chi connectivity index (χ1) is 14.4. The zero-order valence-electron chi connectivity index (χ0n) is 17.8. The average Bonchev–Trinajstić information content (AvgIpc) is 3.15. The van der Waals surface area contributed by atoms with Gasteiger partial charge in [0.1, 0.15) is 5.82 Å². The van der Waals surface area contributed by atoms with Crippen molar-refractivity contribution in [1.82, 2.24) is 19.4 Å². The number of pyridine rings is 1. The van der Waals surface area contributed by atoms with E-state index in [0.29, 0.717) is 18.8 Å². The van der Waals surface area contributed by atoms with E-state index in [-0.39, 0.29) is 17.9 Å². The normalized spacial score (nSPS) is 21.3. The lowest BCUT2D eigenvalue weighted by Crippen LogP contribution is -2.36. The van der Waals surface area contributed by atoms with E-state index in [4.69, 9.17) is 15.5 Å². The Balaban J connectivity index is 1.47. The van der Waals surface area contributed by atoms with Crippen LogP contribution in [0.15, 0.2) is 42.1 Å². The van der Waals surface area contributed by atoms with Gasteiger partial charge in [0.25, 0.3) is 0 Å². The van der Waals surface area contributed by atoms with Gasteiger partial charge in [-0.1, -0.05) is 24.3 Å². The van der Waals surface area contributed by atoms with Gasteiger partial charge in [0.15, 0.2) is 5.69 Å². The van der Waals surface area contributed by atoms with Crippen molar-refractivity contribution in [2.75, 3.05) is 19.7 Å². The fourth-order valence-electron chi connectivity index (χ4n) is 3.97. The number of ether oxygens (including phenoxy) is 1. The van der Waals surface area contributed by atoms with Crippen LogP contribution in [-0.2, 0) is 17.8 Å². The van der Waals surface area contributed by atoms with E-state index < -0.39 is 0 Å². The molecule has 0 saturated carbocycles. The number of carbonyl (C=O) groups excluding carboxylic acids is 1. The first-order valence-corrected chi connectivity index (χ1v) is 10.5. The average molecular weight is 408 g/mol. The first-order valence-electron chi connectivity index (χ1n) is 10.5. The quantitative estimate of drug-likeness (QED) is 0.767. The molecule has 0 amide bonds. The summed E-state index contributed by atoms with van der Waals surface area (Å²) in [5, 5.41) is 0. The Kier molecular flexibility index (Phi) is 5.83. The molecule has 2 aromatic heterocycles. The number of esters is 1. The Hall–Kier alpha value is -2.77. The summed E-state index contributed by atoms with van der Waals surface area (Å²) in [7, 11) is 0. The molecule has 3 heterocycles. The second-order valence-electron chi connectivity index (χ2n) is 8.01. The van der Waals surface area contributed by atoms with Crippen LogP contribution in [0.4, 0.5) is 0 Å². The van der Waals surface area contributed by atoms with E-state index in [1.54, 1.807) is 13.1 Å². The van der Waals surface area contributed by atoms with Crippen molar-refractivity contribution < 1.29 is 9.53 Å². The molecule has 2 N–H and O–H groups in total. The van der Waals surface area contributed by atoms with Gasteiger partial charge in [-0.05, 0) is 38.0 Å². The molecule has 4 rings (SSSR count). The maximum Gasteiger partial charge on any atom is 0.358 e. The maximum absolute atomic E-state index is 12.0. The van der Waals surface area contributed by atoms with E-state index >= 15 is 0 Å². The number of imidazole rings is 1. The number of hydrogen-bond acceptors (Lipinski definition) is 6. The summed E-state index contributed by atoms with van der Waals surface area (Å²) in [5.74, 6) is 0.613. The number of carbonyl (C=O) groups is 1. The second kappa shape index (κ2) is 8.53. The zero-order chi connectivity index (χ0) is 21.3. The second-order valence-corrected chi connectivity index (χ2v) is 8.01. The minimum Gasteiger partial charge on any atom is -0.461 e. The van der Waals surface area contributed by atoms with Crippen molar-refractivity contribution in [3.8, 4) is 0 Å². The third kappa shape index (κ3) is 4.22. The molecule has 0 bridgehead atoms. The smallest absolute Gasteiger partial charge is 0.358 e. The molecule has 1 aliphatic heterocycles. The minimum absolute atomic E-state index is 0.0734. The van der Waals surface area contributed by atoms with Crippen molar-refractivity contribution in [2.24, 2.45) is 5.73 Å². The predicted molar refractivity (Wildman–Crippen MR) is 115 cm³/mol. The highest BCUT2D eigenvalue weighted by molar-refractivity contribution is 5.87. The molecule has 0 radical (unpaired) electrons. The lowest BCUT2D eigenvalue weighted by Gasteiger charge is -2.30. The fourth-order valence-corrected chi connectivity index (χ4v) is 3.97. The summed E-state index contributed by atoms with van der Waals surface area (Å²) in [5.41, 5.74) is 11.2. The maximum atomic E-state index is 12.0. The lowest BCUT2D eigenvalue weighted by atomic mass is 9.88. The van der Waals surface area contributed by atoms with Gasteiger partial charge >= 0.3 is 5.97 Å². The molecule has 7 nitrogen and oxygen atoms in total. The number of aryl methyl sites for hydroxylation is 2. The molecule has 2 aliphatic rings. The molecule has 0 fully saturated rings. The van der Waals surface area contributed by atoms with Crippen molar-refractivity contribution in [1.29, 1.82) is 0 Å². The van der Waals surface area contributed by atoms with Gasteiger partial charge in [0.2, 0.25) is 0 Å². The zero-order valence-corrected chi connectivity index (χ0v) is 17.8. The number of hydrogen-bond donors (Lipinski definition) is 1. The molecule has 1 aliphatic carbocycles. The highest BCUT2D eigenvalue weighted by atomic mass is 16.5. The molecule has 7 heteroatoms. The molecular weight excluding hydrogens is 378 g/mol. The van der Waals surface area contributed by atoms with Crippen LogP contribution in [0.2, 0.25) is 0 Å². The molecule has 30 heavy (non-hydrogen) atoms. The molecule has 2 unspecified atom stereocenters. The van der Waals surface area contributed by atoms with Gasteiger partial charge in [-0.15, -0.1) is 0 Å². The molecule has 2 aromatic rings. The number of aromatic nitrogens is 3. The van der Waals surface area contributed by atoms with Crippen LogP contribution in [0, 0.1) is 13.8 Å². The predicted octanol–water partition coefficient (Wildman–Crippen LogP) is 2.49. The van der Waals surface area contributed by atoms with Crippen LogP contribution in [0.5, 0.6) is 0 Å². The third-order valence-electron chi connectivity index (χ3n) is 5.83. The van der Waals surface area contributed by atoms with Crippen molar-refractivity contribution >= 4 is 5.97 Å². The molecular formula is C23H29N5O2. The van der Waals surface area contributed by atoms with Crippen LogP contribution in [0.25, 0.3) is 0 Å². The van der Waals surface area contributed by atoms with Crippen molar-refractivity contribution in [2.45, 2.75) is 45.8 Å². The summed E-state index contributed by atoms with van der Waals surface area (Å²) < 4.78 is 7.12. The SMILES string of the molecule is CCOC(=O)c1cn2c(n1)CN(CC1=CC(c3ccc(C)c(C)n3)C(N)C=C1)CC2. The summed E-state index contributed by atoms with van der Waals surface area (Å²) in [4.78, 5) is 23.5. The monoisotopic (exact) mass is 407 g/mol. The van der Waals surface area contributed by atoms with Crippen LogP contribution < -0.4 is 5.73 Å².